The molecule has 116 valence electrons. The second-order valence-corrected chi connectivity index (χ2v) is 7.45. The molecule has 0 aromatic carbocycles. The van der Waals surface area contributed by atoms with E-state index in [0.29, 0.717) is 31.3 Å². The summed E-state index contributed by atoms with van der Waals surface area (Å²) in [4.78, 5) is 28.5. The van der Waals surface area contributed by atoms with E-state index in [-0.39, 0.29) is 29.8 Å². The number of amides is 2. The summed E-state index contributed by atoms with van der Waals surface area (Å²) < 4.78 is 0. The third-order valence-electron chi connectivity index (χ3n) is 5.87. The van der Waals surface area contributed by atoms with Crippen LogP contribution in [0.3, 0.4) is 0 Å². The van der Waals surface area contributed by atoms with E-state index in [1.54, 1.807) is 0 Å². The lowest BCUT2D eigenvalue weighted by atomic mass is 10.00. The molecule has 4 fully saturated rings. The summed E-state index contributed by atoms with van der Waals surface area (Å²) in [6.45, 7) is 2.95. The number of aliphatic hydroxyl groups excluding tert-OH is 1. The molecule has 1 N–H and O–H groups in total. The summed E-state index contributed by atoms with van der Waals surface area (Å²) in [6.07, 6.45) is 4.54. The van der Waals surface area contributed by atoms with Crippen molar-refractivity contribution < 1.29 is 14.7 Å². The van der Waals surface area contributed by atoms with Gasteiger partial charge in [-0.25, -0.2) is 0 Å². The number of hydrogen-bond acceptors (Lipinski definition) is 3. The number of nitrogens with zero attached hydrogens (tertiary/aromatic N) is 2. The maximum absolute atomic E-state index is 12.6. The van der Waals surface area contributed by atoms with Crippen LogP contribution < -0.4 is 0 Å². The van der Waals surface area contributed by atoms with Crippen molar-refractivity contribution >= 4 is 11.8 Å². The van der Waals surface area contributed by atoms with Crippen LogP contribution in [0.1, 0.15) is 32.1 Å². The molecule has 5 heteroatoms. The van der Waals surface area contributed by atoms with Crippen molar-refractivity contribution in [1.82, 2.24) is 9.80 Å². The van der Waals surface area contributed by atoms with E-state index in [2.05, 4.69) is 0 Å². The Hall–Kier alpha value is -1.10. The molecule has 2 saturated carbocycles. The molecule has 5 nitrogen and oxygen atoms in total. The summed E-state index contributed by atoms with van der Waals surface area (Å²) in [5, 5.41) is 9.95. The predicted octanol–water partition coefficient (Wildman–Crippen LogP) is 0.474. The normalized spacial score (nSPS) is 39.2. The van der Waals surface area contributed by atoms with Crippen LogP contribution in [-0.4, -0.2) is 59.0 Å². The number of rotatable bonds is 3. The molecule has 4 atom stereocenters. The van der Waals surface area contributed by atoms with Gasteiger partial charge in [0, 0.05) is 38.5 Å². The molecular weight excluding hydrogens is 268 g/mol. The summed E-state index contributed by atoms with van der Waals surface area (Å²) in [7, 11) is 0. The third-order valence-corrected chi connectivity index (χ3v) is 5.87. The first-order valence-electron chi connectivity index (χ1n) is 8.36. The SMILES string of the molecule is O=C1CC(C(=O)N2CC3CCC(O)C3C2)CN1CC1CC1. The van der Waals surface area contributed by atoms with Crippen LogP contribution in [-0.2, 0) is 9.59 Å². The van der Waals surface area contributed by atoms with E-state index in [1.165, 1.54) is 12.8 Å². The van der Waals surface area contributed by atoms with Crippen LogP contribution in [0, 0.1) is 23.7 Å². The smallest absolute Gasteiger partial charge is 0.228 e. The van der Waals surface area contributed by atoms with Gasteiger partial charge in [0.2, 0.25) is 11.8 Å². The lowest BCUT2D eigenvalue weighted by Gasteiger charge is -2.22. The molecule has 0 spiro atoms. The zero-order valence-corrected chi connectivity index (χ0v) is 12.4. The molecule has 2 amide bonds. The van der Waals surface area contributed by atoms with Crippen molar-refractivity contribution in [1.29, 1.82) is 0 Å². The van der Waals surface area contributed by atoms with Gasteiger partial charge in [-0.3, -0.25) is 9.59 Å². The third kappa shape index (κ3) is 2.45. The van der Waals surface area contributed by atoms with Gasteiger partial charge >= 0.3 is 0 Å². The second-order valence-electron chi connectivity index (χ2n) is 7.45. The highest BCUT2D eigenvalue weighted by molar-refractivity contribution is 5.89. The Balaban J connectivity index is 1.36. The van der Waals surface area contributed by atoms with Crippen LogP contribution >= 0.6 is 0 Å². The predicted molar refractivity (Wildman–Crippen MR) is 76.2 cm³/mol. The quantitative estimate of drug-likeness (QED) is 0.823. The molecule has 4 unspecified atom stereocenters. The first-order chi connectivity index (χ1) is 10.1. The van der Waals surface area contributed by atoms with E-state index in [1.807, 2.05) is 9.80 Å². The molecule has 2 saturated heterocycles. The molecule has 21 heavy (non-hydrogen) atoms. The van der Waals surface area contributed by atoms with Gasteiger partial charge in [-0.15, -0.1) is 0 Å². The Morgan fingerprint density at radius 3 is 2.67 bits per heavy atom. The van der Waals surface area contributed by atoms with Gasteiger partial charge in [0.25, 0.3) is 0 Å². The van der Waals surface area contributed by atoms with Gasteiger partial charge in [0.15, 0.2) is 0 Å². The molecular formula is C16H24N2O3. The van der Waals surface area contributed by atoms with Crippen molar-refractivity contribution in [3.05, 3.63) is 0 Å². The maximum Gasteiger partial charge on any atom is 0.228 e. The van der Waals surface area contributed by atoms with Crippen molar-refractivity contribution in [2.45, 2.75) is 38.2 Å². The average Bonchev–Trinajstić information content (AvgIpc) is 2.90. The van der Waals surface area contributed by atoms with E-state index < -0.39 is 0 Å². The van der Waals surface area contributed by atoms with Gasteiger partial charge in [0.05, 0.1) is 12.0 Å². The minimum Gasteiger partial charge on any atom is -0.393 e. The Bertz CT molecular complexity index is 462. The van der Waals surface area contributed by atoms with Crippen LogP contribution in [0.25, 0.3) is 0 Å². The fourth-order valence-electron chi connectivity index (χ4n) is 4.40. The van der Waals surface area contributed by atoms with Gasteiger partial charge in [-0.1, -0.05) is 0 Å². The highest BCUT2D eigenvalue weighted by Crippen LogP contribution is 2.39. The monoisotopic (exact) mass is 292 g/mol. The van der Waals surface area contributed by atoms with E-state index in [0.717, 1.165) is 25.9 Å². The van der Waals surface area contributed by atoms with Gasteiger partial charge in [-0.2, -0.15) is 0 Å². The lowest BCUT2D eigenvalue weighted by Crippen LogP contribution is -2.37. The Morgan fingerprint density at radius 2 is 1.95 bits per heavy atom. The molecule has 0 radical (unpaired) electrons. The van der Waals surface area contributed by atoms with Gasteiger partial charge < -0.3 is 14.9 Å². The molecule has 0 aromatic rings. The number of likely N-dealkylation sites (tertiary alicyclic amines) is 2. The Kier molecular flexibility index (Phi) is 3.21. The summed E-state index contributed by atoms with van der Waals surface area (Å²) in [5.74, 6) is 1.58. The topological polar surface area (TPSA) is 60.9 Å². The summed E-state index contributed by atoms with van der Waals surface area (Å²) in [6, 6.07) is 0. The van der Waals surface area contributed by atoms with Crippen molar-refractivity contribution in [2.75, 3.05) is 26.2 Å². The van der Waals surface area contributed by atoms with Crippen molar-refractivity contribution in [3.8, 4) is 0 Å². The minimum atomic E-state index is -0.232. The van der Waals surface area contributed by atoms with E-state index >= 15 is 0 Å². The van der Waals surface area contributed by atoms with Gasteiger partial charge in [-0.05, 0) is 37.5 Å². The molecule has 4 rings (SSSR count). The fourth-order valence-corrected chi connectivity index (χ4v) is 4.40. The zero-order chi connectivity index (χ0) is 14.6. The number of carbonyl (C=O) groups excluding carboxylic acids is 2. The number of carbonyl (C=O) groups is 2. The van der Waals surface area contributed by atoms with Crippen LogP contribution in [0.2, 0.25) is 0 Å². The minimum absolute atomic E-state index is 0.142. The van der Waals surface area contributed by atoms with E-state index in [4.69, 9.17) is 0 Å². The Morgan fingerprint density at radius 1 is 1.14 bits per heavy atom. The maximum atomic E-state index is 12.6. The zero-order valence-electron chi connectivity index (χ0n) is 12.4. The number of aliphatic hydroxyl groups is 1. The van der Waals surface area contributed by atoms with E-state index in [9.17, 15) is 14.7 Å². The first kappa shape index (κ1) is 13.6. The van der Waals surface area contributed by atoms with Gasteiger partial charge in [0.1, 0.15) is 0 Å². The second kappa shape index (κ2) is 4.97. The van der Waals surface area contributed by atoms with Crippen molar-refractivity contribution in [3.63, 3.8) is 0 Å². The summed E-state index contributed by atoms with van der Waals surface area (Å²) in [5.41, 5.74) is 0. The van der Waals surface area contributed by atoms with Crippen LogP contribution in [0.15, 0.2) is 0 Å². The Labute approximate surface area is 125 Å². The van der Waals surface area contributed by atoms with Crippen LogP contribution in [0.4, 0.5) is 0 Å². The fraction of sp³-hybridized carbons (Fsp3) is 0.875. The first-order valence-corrected chi connectivity index (χ1v) is 8.36. The number of fused-ring (bicyclic) bond motifs is 1. The lowest BCUT2D eigenvalue weighted by molar-refractivity contribution is -0.135. The average molecular weight is 292 g/mol. The molecule has 0 aromatic heterocycles. The standard InChI is InChI=1S/C16H24N2O3/c19-14-4-3-11-7-18(9-13(11)14)16(21)12-5-15(20)17(8-12)6-10-1-2-10/h10-14,19H,1-9H2. The molecule has 2 aliphatic heterocycles. The van der Waals surface area contributed by atoms with Crippen LogP contribution in [0.5, 0.6) is 0 Å². The molecule has 2 heterocycles. The largest absolute Gasteiger partial charge is 0.393 e. The highest BCUT2D eigenvalue weighted by atomic mass is 16.3. The van der Waals surface area contributed by atoms with Crippen molar-refractivity contribution in [2.24, 2.45) is 23.7 Å². The molecule has 0 bridgehead atoms. The molecule has 4 aliphatic rings. The highest BCUT2D eigenvalue weighted by Gasteiger charge is 2.46. The number of hydrogen-bond donors (Lipinski definition) is 1. The summed E-state index contributed by atoms with van der Waals surface area (Å²) >= 11 is 0. The molecule has 2 aliphatic carbocycles.